The smallest absolute Gasteiger partial charge is 0.308 e. The Morgan fingerprint density at radius 1 is 1.18 bits per heavy atom. The quantitative estimate of drug-likeness (QED) is 0.185. The molecule has 1 spiro atoms. The highest BCUT2D eigenvalue weighted by molar-refractivity contribution is 5.72. The van der Waals surface area contributed by atoms with Crippen LogP contribution >= 0.6 is 0 Å². The number of rotatable bonds is 11. The molecule has 6 rings (SSSR count). The standard InChI is InChI=1S/C34H44N2O4/c1-4-20-36-22-19-33-30-26-15-16-28(39-24(2)37)31(30)40-32(33)27(17-18-34(33,38)29(36)23-26)35(3)21-11-6-5-8-12-25-13-9-7-10-14-25/h4,7,9-10,13-16,27,29,32,38H,1,5-6,8,11-12,17-23H2,2-3H3/t27-,29-,32+,33+,34-/m1/s1. The molecule has 4 aliphatic rings. The van der Waals surface area contributed by atoms with Crippen LogP contribution in [0.1, 0.15) is 68.6 Å². The molecule has 6 nitrogen and oxygen atoms in total. The average Bonchev–Trinajstić information content (AvgIpc) is 3.29. The van der Waals surface area contributed by atoms with E-state index >= 15 is 0 Å². The van der Waals surface area contributed by atoms with E-state index in [1.807, 2.05) is 12.1 Å². The first-order valence-corrected chi connectivity index (χ1v) is 15.2. The topological polar surface area (TPSA) is 62.2 Å². The minimum atomic E-state index is -0.888. The van der Waals surface area contributed by atoms with Crippen molar-refractivity contribution in [1.82, 2.24) is 9.80 Å². The van der Waals surface area contributed by atoms with Crippen molar-refractivity contribution in [2.75, 3.05) is 26.7 Å². The molecule has 0 aromatic heterocycles. The highest BCUT2D eigenvalue weighted by Gasteiger charge is 2.73. The van der Waals surface area contributed by atoms with E-state index in [-0.39, 0.29) is 24.2 Å². The molecule has 1 N–H and O–H groups in total. The summed E-state index contributed by atoms with van der Waals surface area (Å²) in [5, 5.41) is 12.7. The maximum atomic E-state index is 12.7. The number of unbranched alkanes of at least 4 members (excludes halogenated alkanes) is 3. The largest absolute Gasteiger partial charge is 0.483 e. The summed E-state index contributed by atoms with van der Waals surface area (Å²) in [4.78, 5) is 16.9. The number of likely N-dealkylation sites (tertiary alicyclic amines) is 1. The van der Waals surface area contributed by atoms with Crippen LogP contribution in [0, 0.1) is 0 Å². The van der Waals surface area contributed by atoms with Gasteiger partial charge in [0, 0.05) is 31.1 Å². The zero-order chi connectivity index (χ0) is 27.9. The second-order valence-corrected chi connectivity index (χ2v) is 12.4. The Morgan fingerprint density at radius 3 is 2.75 bits per heavy atom. The molecule has 5 atom stereocenters. The number of carbonyl (C=O) groups is 1. The number of ether oxygens (including phenoxy) is 2. The molecule has 2 aliphatic heterocycles. The fourth-order valence-corrected chi connectivity index (χ4v) is 8.52. The van der Waals surface area contributed by atoms with Crippen molar-refractivity contribution < 1.29 is 19.4 Å². The molecule has 1 saturated carbocycles. The molecule has 6 heteroatoms. The van der Waals surface area contributed by atoms with E-state index in [1.54, 1.807) is 0 Å². The summed E-state index contributed by atoms with van der Waals surface area (Å²) in [5.41, 5.74) is 2.36. The molecular weight excluding hydrogens is 500 g/mol. The summed E-state index contributed by atoms with van der Waals surface area (Å²) in [6.07, 6.45) is 11.0. The van der Waals surface area contributed by atoms with Crippen LogP contribution in [0.3, 0.4) is 0 Å². The SMILES string of the molecule is C=CCN1CC[C@]23c4c5ccc(OC(C)=O)c4O[C@H]2[C@H](N(C)CCCCCCc2ccccc2)CC[C@@]3(O)[C@H]1C5. The number of benzene rings is 2. The van der Waals surface area contributed by atoms with Gasteiger partial charge in [-0.05, 0) is 82.3 Å². The van der Waals surface area contributed by atoms with Gasteiger partial charge in [-0.25, -0.2) is 0 Å². The van der Waals surface area contributed by atoms with Crippen LogP contribution in [-0.4, -0.2) is 71.3 Å². The Kier molecular flexibility index (Phi) is 7.53. The first-order valence-electron chi connectivity index (χ1n) is 15.2. The summed E-state index contributed by atoms with van der Waals surface area (Å²) in [7, 11) is 2.23. The maximum Gasteiger partial charge on any atom is 0.308 e. The molecule has 0 radical (unpaired) electrons. The third-order valence-corrected chi connectivity index (χ3v) is 10.3. The minimum absolute atomic E-state index is 0.0271. The first-order chi connectivity index (χ1) is 19.4. The summed E-state index contributed by atoms with van der Waals surface area (Å²) < 4.78 is 12.5. The molecule has 2 aliphatic carbocycles. The molecule has 2 heterocycles. The Morgan fingerprint density at radius 2 is 1.98 bits per heavy atom. The van der Waals surface area contributed by atoms with Gasteiger partial charge in [0.15, 0.2) is 11.5 Å². The predicted molar refractivity (Wildman–Crippen MR) is 157 cm³/mol. The van der Waals surface area contributed by atoms with Crippen LogP contribution in [-0.2, 0) is 23.1 Å². The van der Waals surface area contributed by atoms with E-state index in [1.165, 1.54) is 37.3 Å². The summed E-state index contributed by atoms with van der Waals surface area (Å²) in [6.45, 7) is 8.10. The molecule has 214 valence electrons. The third kappa shape index (κ3) is 4.40. The molecule has 2 bridgehead atoms. The second kappa shape index (κ2) is 11.0. The van der Waals surface area contributed by atoms with Crippen molar-refractivity contribution in [3.63, 3.8) is 0 Å². The zero-order valence-electron chi connectivity index (χ0n) is 24.1. The molecule has 2 aromatic rings. The second-order valence-electron chi connectivity index (χ2n) is 12.4. The van der Waals surface area contributed by atoms with E-state index in [4.69, 9.17) is 9.47 Å². The first kappa shape index (κ1) is 27.5. The lowest BCUT2D eigenvalue weighted by molar-refractivity contribution is -0.197. The van der Waals surface area contributed by atoms with Gasteiger partial charge >= 0.3 is 5.97 Å². The number of carbonyl (C=O) groups excluding carboxylic acids is 1. The highest BCUT2D eigenvalue weighted by atomic mass is 16.6. The van der Waals surface area contributed by atoms with Gasteiger partial charge in [0.25, 0.3) is 0 Å². The van der Waals surface area contributed by atoms with E-state index in [0.717, 1.165) is 63.7 Å². The maximum absolute atomic E-state index is 12.7. The molecular formula is C34H44N2O4. The summed E-state index contributed by atoms with van der Waals surface area (Å²) in [5.74, 6) is 0.829. The Labute approximate surface area is 239 Å². The number of hydrogen-bond acceptors (Lipinski definition) is 6. The van der Waals surface area contributed by atoms with E-state index in [2.05, 4.69) is 59.8 Å². The van der Waals surface area contributed by atoms with Crippen molar-refractivity contribution in [2.45, 2.75) is 93.9 Å². The lowest BCUT2D eigenvalue weighted by atomic mass is 9.48. The Hall–Kier alpha value is -2.67. The van der Waals surface area contributed by atoms with E-state index in [9.17, 15) is 9.90 Å². The van der Waals surface area contributed by atoms with Gasteiger partial charge in [-0.2, -0.15) is 0 Å². The minimum Gasteiger partial charge on any atom is -0.483 e. The number of aliphatic hydroxyl groups is 1. The number of piperidine rings is 1. The van der Waals surface area contributed by atoms with Gasteiger partial charge < -0.3 is 14.6 Å². The van der Waals surface area contributed by atoms with Gasteiger partial charge in [0.2, 0.25) is 0 Å². The van der Waals surface area contributed by atoms with Crippen molar-refractivity contribution in [3.8, 4) is 11.5 Å². The van der Waals surface area contributed by atoms with Gasteiger partial charge in [-0.3, -0.25) is 14.6 Å². The van der Waals surface area contributed by atoms with Crippen LogP contribution in [0.5, 0.6) is 11.5 Å². The van der Waals surface area contributed by atoms with E-state index in [0.29, 0.717) is 11.5 Å². The molecule has 0 unspecified atom stereocenters. The third-order valence-electron chi connectivity index (χ3n) is 10.3. The van der Waals surface area contributed by atoms with Crippen molar-refractivity contribution in [2.24, 2.45) is 0 Å². The Balaban J connectivity index is 1.22. The number of likely N-dealkylation sites (N-methyl/N-ethyl adjacent to an activating group) is 1. The average molecular weight is 545 g/mol. The van der Waals surface area contributed by atoms with E-state index < -0.39 is 11.0 Å². The molecule has 40 heavy (non-hydrogen) atoms. The fourth-order valence-electron chi connectivity index (χ4n) is 8.52. The Bertz CT molecular complexity index is 1250. The van der Waals surface area contributed by atoms with Gasteiger partial charge in [0.05, 0.1) is 11.0 Å². The van der Waals surface area contributed by atoms with Crippen molar-refractivity contribution in [3.05, 3.63) is 71.8 Å². The molecule has 2 fully saturated rings. The lowest BCUT2D eigenvalue weighted by Crippen LogP contribution is -2.78. The summed E-state index contributed by atoms with van der Waals surface area (Å²) >= 11 is 0. The van der Waals surface area contributed by atoms with Crippen molar-refractivity contribution in [1.29, 1.82) is 0 Å². The molecule has 0 amide bonds. The van der Waals surface area contributed by atoms with Crippen LogP contribution < -0.4 is 9.47 Å². The number of nitrogens with zero attached hydrogens (tertiary/aromatic N) is 2. The number of hydrogen-bond donors (Lipinski definition) is 1. The van der Waals surface area contributed by atoms with Crippen molar-refractivity contribution >= 4 is 5.97 Å². The van der Waals surface area contributed by atoms with Crippen LogP contribution in [0.15, 0.2) is 55.1 Å². The molecule has 1 saturated heterocycles. The number of esters is 1. The van der Waals surface area contributed by atoms with Gasteiger partial charge in [-0.1, -0.05) is 55.3 Å². The number of aryl methyl sites for hydroxylation is 1. The monoisotopic (exact) mass is 544 g/mol. The van der Waals surface area contributed by atoms with Crippen LogP contribution in [0.2, 0.25) is 0 Å². The molecule has 2 aromatic carbocycles. The zero-order valence-corrected chi connectivity index (χ0v) is 24.1. The van der Waals surface area contributed by atoms with Gasteiger partial charge in [0.1, 0.15) is 6.10 Å². The van der Waals surface area contributed by atoms with Crippen LogP contribution in [0.4, 0.5) is 0 Å². The normalized spacial score (nSPS) is 30.1. The predicted octanol–water partition coefficient (Wildman–Crippen LogP) is 5.06. The van der Waals surface area contributed by atoms with Crippen LogP contribution in [0.25, 0.3) is 0 Å². The van der Waals surface area contributed by atoms with Gasteiger partial charge in [-0.15, -0.1) is 6.58 Å². The fraction of sp³-hybridized carbons (Fsp3) is 0.559. The highest BCUT2D eigenvalue weighted by Crippen LogP contribution is 2.65. The summed E-state index contributed by atoms with van der Waals surface area (Å²) in [6, 6.07) is 14.9. The lowest BCUT2D eigenvalue weighted by Gasteiger charge is -2.64.